The van der Waals surface area contributed by atoms with Crippen molar-refractivity contribution in [3.05, 3.63) is 61.6 Å². The van der Waals surface area contributed by atoms with Crippen molar-refractivity contribution >= 4 is 44.8 Å². The highest BCUT2D eigenvalue weighted by Crippen LogP contribution is 2.39. The number of rotatable bonds is 4. The fourth-order valence-corrected chi connectivity index (χ4v) is 2.44. The third kappa shape index (κ3) is 3.23. The molecule has 7 heteroatoms. The second-order valence-electron chi connectivity index (χ2n) is 3.83. The first-order valence-electron chi connectivity index (χ1n) is 5.48. The zero-order valence-electron chi connectivity index (χ0n) is 9.98. The fourth-order valence-electron chi connectivity index (χ4n) is 1.60. The summed E-state index contributed by atoms with van der Waals surface area (Å²) >= 11 is 15.0. The second kappa shape index (κ2) is 6.43. The topological polar surface area (TPSA) is 52.4 Å². The number of nitro groups is 1. The maximum atomic E-state index is 11.0. The van der Waals surface area contributed by atoms with Gasteiger partial charge in [0.25, 0.3) is 0 Å². The van der Waals surface area contributed by atoms with E-state index < -0.39 is 4.92 Å². The van der Waals surface area contributed by atoms with E-state index >= 15 is 0 Å². The first kappa shape index (κ1) is 15.1. The third-order valence-electron chi connectivity index (χ3n) is 2.52. The van der Waals surface area contributed by atoms with E-state index in [0.29, 0.717) is 20.8 Å². The molecule has 20 heavy (non-hydrogen) atoms. The zero-order chi connectivity index (χ0) is 14.7. The number of ether oxygens (including phenoxy) is 1. The van der Waals surface area contributed by atoms with E-state index in [0.717, 1.165) is 0 Å². The van der Waals surface area contributed by atoms with Gasteiger partial charge in [-0.25, -0.2) is 0 Å². The number of benzene rings is 2. The van der Waals surface area contributed by atoms with Gasteiger partial charge in [0.05, 0.1) is 15.3 Å². The normalized spacial score (nSPS) is 10.3. The summed E-state index contributed by atoms with van der Waals surface area (Å²) in [4.78, 5) is 10.5. The molecule has 0 saturated carbocycles. The molecule has 0 amide bonds. The molecule has 0 N–H and O–H groups in total. The Morgan fingerprint density at radius 1 is 1.30 bits per heavy atom. The minimum atomic E-state index is -0.504. The van der Waals surface area contributed by atoms with Gasteiger partial charge in [-0.15, -0.1) is 11.6 Å². The predicted octanol–water partition coefficient (Wildman–Crippen LogP) is 5.54. The summed E-state index contributed by atoms with van der Waals surface area (Å²) in [5.41, 5.74) is 0.527. The minimum Gasteiger partial charge on any atom is -0.449 e. The summed E-state index contributed by atoms with van der Waals surface area (Å²) in [7, 11) is 0. The summed E-state index contributed by atoms with van der Waals surface area (Å²) in [6.07, 6.45) is 0. The third-order valence-corrected chi connectivity index (χ3v) is 3.67. The molecule has 0 fully saturated rings. The van der Waals surface area contributed by atoms with Crippen LogP contribution in [0.2, 0.25) is 5.02 Å². The maximum Gasteiger partial charge on any atom is 0.312 e. The lowest BCUT2D eigenvalue weighted by molar-refractivity contribution is -0.385. The smallest absolute Gasteiger partial charge is 0.312 e. The van der Waals surface area contributed by atoms with E-state index in [1.165, 1.54) is 6.07 Å². The Balaban J connectivity index is 2.47. The van der Waals surface area contributed by atoms with Crippen molar-refractivity contribution in [2.45, 2.75) is 5.88 Å². The van der Waals surface area contributed by atoms with Gasteiger partial charge in [-0.3, -0.25) is 10.1 Å². The average molecular weight is 377 g/mol. The van der Waals surface area contributed by atoms with Crippen LogP contribution in [-0.4, -0.2) is 4.92 Å². The van der Waals surface area contributed by atoms with Crippen LogP contribution in [0.3, 0.4) is 0 Å². The van der Waals surface area contributed by atoms with Crippen molar-refractivity contribution in [3.63, 3.8) is 0 Å². The van der Waals surface area contributed by atoms with E-state index in [9.17, 15) is 10.1 Å². The number of hydrogen-bond acceptors (Lipinski definition) is 3. The van der Waals surface area contributed by atoms with Crippen molar-refractivity contribution in [2.75, 3.05) is 0 Å². The molecule has 4 nitrogen and oxygen atoms in total. The van der Waals surface area contributed by atoms with Gasteiger partial charge in [0, 0.05) is 16.7 Å². The number of halogens is 3. The Bertz CT molecular complexity index is 664. The minimum absolute atomic E-state index is 0.130. The molecule has 0 aliphatic heterocycles. The fraction of sp³-hybridized carbons (Fsp3) is 0.0769. The molecule has 0 aliphatic rings. The van der Waals surface area contributed by atoms with Crippen LogP contribution in [0.5, 0.6) is 11.5 Å². The van der Waals surface area contributed by atoms with Crippen molar-refractivity contribution in [1.29, 1.82) is 0 Å². The number of hydrogen-bond donors (Lipinski definition) is 0. The van der Waals surface area contributed by atoms with E-state index in [-0.39, 0.29) is 17.3 Å². The van der Waals surface area contributed by atoms with Gasteiger partial charge >= 0.3 is 5.69 Å². The summed E-state index contributed by atoms with van der Waals surface area (Å²) < 4.78 is 6.14. The van der Waals surface area contributed by atoms with Gasteiger partial charge < -0.3 is 4.74 Å². The average Bonchev–Trinajstić information content (AvgIpc) is 2.42. The number of nitrogens with zero attached hydrogens (tertiary/aromatic N) is 1. The highest BCUT2D eigenvalue weighted by Gasteiger charge is 2.19. The van der Waals surface area contributed by atoms with Crippen molar-refractivity contribution < 1.29 is 9.66 Å². The summed E-state index contributed by atoms with van der Waals surface area (Å²) in [5, 5.41) is 11.6. The van der Waals surface area contributed by atoms with E-state index in [1.807, 2.05) is 0 Å². The van der Waals surface area contributed by atoms with Crippen LogP contribution < -0.4 is 4.74 Å². The number of para-hydroxylation sites is 1. The number of alkyl halides is 1. The molecule has 0 saturated heterocycles. The van der Waals surface area contributed by atoms with E-state index in [2.05, 4.69) is 15.9 Å². The van der Waals surface area contributed by atoms with Crippen LogP contribution in [0.15, 0.2) is 40.9 Å². The lowest BCUT2D eigenvalue weighted by atomic mass is 10.2. The summed E-state index contributed by atoms with van der Waals surface area (Å²) in [5.74, 6) is 0.749. The molecule has 0 unspecified atom stereocenters. The molecular weight excluding hydrogens is 369 g/mol. The van der Waals surface area contributed by atoms with Gasteiger partial charge in [0.2, 0.25) is 5.75 Å². The van der Waals surface area contributed by atoms with Crippen LogP contribution in [0.4, 0.5) is 5.69 Å². The molecule has 2 aromatic carbocycles. The molecule has 0 aliphatic carbocycles. The van der Waals surface area contributed by atoms with Crippen molar-refractivity contribution in [3.8, 4) is 11.5 Å². The summed E-state index contributed by atoms with van der Waals surface area (Å²) in [6.45, 7) is 0. The van der Waals surface area contributed by atoms with Gasteiger partial charge in [0.15, 0.2) is 0 Å². The Kier molecular flexibility index (Phi) is 4.86. The molecule has 2 rings (SSSR count). The van der Waals surface area contributed by atoms with Gasteiger partial charge in [0.1, 0.15) is 5.75 Å². The summed E-state index contributed by atoms with van der Waals surface area (Å²) in [6, 6.07) is 9.53. The standard InChI is InChI=1S/C13H8BrCl2NO3/c14-10-2-1-3-11(17(18)19)13(10)20-12-5-4-9(16)6-8(12)7-15/h1-6H,7H2. The highest BCUT2D eigenvalue weighted by atomic mass is 79.9. The molecular formula is C13H8BrCl2NO3. The molecule has 0 aromatic heterocycles. The Hall–Kier alpha value is -1.30. The van der Waals surface area contributed by atoms with Crippen LogP contribution in [0, 0.1) is 10.1 Å². The van der Waals surface area contributed by atoms with E-state index in [4.69, 9.17) is 27.9 Å². The molecule has 0 bridgehead atoms. The molecule has 2 aromatic rings. The van der Waals surface area contributed by atoms with E-state index in [1.54, 1.807) is 30.3 Å². The first-order valence-corrected chi connectivity index (χ1v) is 7.18. The van der Waals surface area contributed by atoms with Gasteiger partial charge in [-0.2, -0.15) is 0 Å². The molecule has 104 valence electrons. The second-order valence-corrected chi connectivity index (χ2v) is 5.39. The predicted molar refractivity (Wildman–Crippen MR) is 81.9 cm³/mol. The Labute approximate surface area is 133 Å². The molecule has 0 heterocycles. The molecule has 0 spiro atoms. The SMILES string of the molecule is O=[N+]([O-])c1cccc(Br)c1Oc1ccc(Cl)cc1CCl. The molecule has 0 atom stereocenters. The van der Waals surface area contributed by atoms with Crippen LogP contribution in [0.1, 0.15) is 5.56 Å². The Morgan fingerprint density at radius 2 is 2.05 bits per heavy atom. The lowest BCUT2D eigenvalue weighted by Gasteiger charge is -2.11. The number of nitro benzene ring substituents is 1. The van der Waals surface area contributed by atoms with Crippen LogP contribution in [-0.2, 0) is 5.88 Å². The van der Waals surface area contributed by atoms with Crippen LogP contribution in [0.25, 0.3) is 0 Å². The first-order chi connectivity index (χ1) is 9.52. The van der Waals surface area contributed by atoms with Crippen molar-refractivity contribution in [2.24, 2.45) is 0 Å². The lowest BCUT2D eigenvalue weighted by Crippen LogP contribution is -1.96. The van der Waals surface area contributed by atoms with Crippen LogP contribution >= 0.6 is 39.1 Å². The maximum absolute atomic E-state index is 11.0. The van der Waals surface area contributed by atoms with Gasteiger partial charge in [-0.05, 0) is 40.2 Å². The van der Waals surface area contributed by atoms with Gasteiger partial charge in [-0.1, -0.05) is 17.7 Å². The largest absolute Gasteiger partial charge is 0.449 e. The van der Waals surface area contributed by atoms with Crippen molar-refractivity contribution in [1.82, 2.24) is 0 Å². The quantitative estimate of drug-likeness (QED) is 0.399. The molecule has 0 radical (unpaired) electrons. The zero-order valence-corrected chi connectivity index (χ0v) is 13.1. The highest BCUT2D eigenvalue weighted by molar-refractivity contribution is 9.10. The Morgan fingerprint density at radius 3 is 2.70 bits per heavy atom. The monoisotopic (exact) mass is 375 g/mol.